The molecule has 3 aliphatic heterocycles. The smallest absolute Gasteiger partial charge is 0.0197 e. The van der Waals surface area contributed by atoms with Gasteiger partial charge in [0.1, 0.15) is 0 Å². The molecule has 3 atom stereocenters. The minimum absolute atomic E-state index is 0.840. The number of rotatable bonds is 4. The Labute approximate surface area is 110 Å². The molecule has 0 amide bonds. The predicted octanol–water partition coefficient (Wildman–Crippen LogP) is 2.49. The molecule has 3 unspecified atom stereocenters. The monoisotopic (exact) mass is 254 g/mol. The summed E-state index contributed by atoms with van der Waals surface area (Å²) in [6.45, 7) is 3.67. The summed E-state index contributed by atoms with van der Waals surface area (Å²) in [5.41, 5.74) is 0. The first kappa shape index (κ1) is 12.3. The van der Waals surface area contributed by atoms with E-state index in [9.17, 15) is 0 Å². The minimum Gasteiger partial charge on any atom is -0.311 e. The molecule has 3 saturated heterocycles. The molecule has 0 spiro atoms. The molecule has 98 valence electrons. The average Bonchev–Trinajstić information content (AvgIpc) is 2.96. The van der Waals surface area contributed by atoms with Crippen molar-refractivity contribution < 1.29 is 0 Å². The summed E-state index contributed by atoms with van der Waals surface area (Å²) in [7, 11) is 0. The van der Waals surface area contributed by atoms with Gasteiger partial charge in [0.05, 0.1) is 0 Å². The van der Waals surface area contributed by atoms with Crippen molar-refractivity contribution in [3.05, 3.63) is 0 Å². The number of nitrogens with zero attached hydrogens (tertiary/aromatic N) is 1. The number of nitrogens with one attached hydrogen (secondary N) is 1. The number of fused-ring (bicyclic) bond motifs is 2. The lowest BCUT2D eigenvalue weighted by atomic mass is 9.96. The minimum atomic E-state index is 0.840. The third kappa shape index (κ3) is 2.66. The summed E-state index contributed by atoms with van der Waals surface area (Å²) in [5.74, 6) is 2.78. The number of thioether (sulfide) groups is 1. The fourth-order valence-corrected chi connectivity index (χ4v) is 5.24. The van der Waals surface area contributed by atoms with E-state index in [2.05, 4.69) is 28.9 Å². The van der Waals surface area contributed by atoms with Crippen molar-refractivity contribution in [2.75, 3.05) is 18.1 Å². The Morgan fingerprint density at radius 2 is 1.88 bits per heavy atom. The van der Waals surface area contributed by atoms with Gasteiger partial charge in [-0.1, -0.05) is 6.92 Å². The molecule has 3 heterocycles. The Morgan fingerprint density at radius 1 is 1.12 bits per heavy atom. The third-order valence-electron chi connectivity index (χ3n) is 4.77. The van der Waals surface area contributed by atoms with Gasteiger partial charge in [-0.05, 0) is 50.8 Å². The van der Waals surface area contributed by atoms with Crippen LogP contribution in [0.4, 0.5) is 0 Å². The zero-order valence-corrected chi connectivity index (χ0v) is 11.8. The van der Waals surface area contributed by atoms with Crippen LogP contribution in [0.3, 0.4) is 0 Å². The molecule has 17 heavy (non-hydrogen) atoms. The van der Waals surface area contributed by atoms with Crippen molar-refractivity contribution in [3.8, 4) is 0 Å². The molecule has 1 N–H and O–H groups in total. The summed E-state index contributed by atoms with van der Waals surface area (Å²) >= 11 is 2.16. The highest BCUT2D eigenvalue weighted by molar-refractivity contribution is 7.99. The summed E-state index contributed by atoms with van der Waals surface area (Å²) in [6.07, 6.45) is 8.45. The normalized spacial score (nSPS) is 41.3. The van der Waals surface area contributed by atoms with E-state index < -0.39 is 0 Å². The molecule has 3 fully saturated rings. The first-order valence-electron chi connectivity index (χ1n) is 7.46. The Hall–Kier alpha value is 0.270. The van der Waals surface area contributed by atoms with Crippen LogP contribution in [-0.2, 0) is 0 Å². The van der Waals surface area contributed by atoms with E-state index in [-0.39, 0.29) is 0 Å². The molecule has 2 bridgehead atoms. The quantitative estimate of drug-likeness (QED) is 0.830. The summed E-state index contributed by atoms with van der Waals surface area (Å²) in [5, 5.41) is 3.78. The summed E-state index contributed by atoms with van der Waals surface area (Å²) in [4.78, 5) is 2.88. The topological polar surface area (TPSA) is 15.3 Å². The van der Waals surface area contributed by atoms with Crippen LogP contribution in [0.25, 0.3) is 0 Å². The third-order valence-corrected chi connectivity index (χ3v) is 5.92. The van der Waals surface area contributed by atoms with Crippen LogP contribution in [0.2, 0.25) is 0 Å². The van der Waals surface area contributed by atoms with Crippen LogP contribution in [0.5, 0.6) is 0 Å². The van der Waals surface area contributed by atoms with Crippen molar-refractivity contribution >= 4 is 11.8 Å². The van der Waals surface area contributed by atoms with Crippen molar-refractivity contribution in [2.24, 2.45) is 0 Å². The van der Waals surface area contributed by atoms with Crippen LogP contribution in [0.15, 0.2) is 0 Å². The van der Waals surface area contributed by atoms with Crippen molar-refractivity contribution in [3.63, 3.8) is 0 Å². The van der Waals surface area contributed by atoms with Gasteiger partial charge in [-0.3, -0.25) is 4.90 Å². The summed E-state index contributed by atoms with van der Waals surface area (Å²) in [6, 6.07) is 3.46. The van der Waals surface area contributed by atoms with Gasteiger partial charge in [-0.25, -0.2) is 0 Å². The van der Waals surface area contributed by atoms with Gasteiger partial charge in [0.2, 0.25) is 0 Å². The van der Waals surface area contributed by atoms with Crippen LogP contribution in [0, 0.1) is 0 Å². The number of piperidine rings is 1. The highest BCUT2D eigenvalue weighted by Crippen LogP contribution is 2.33. The highest BCUT2D eigenvalue weighted by Gasteiger charge is 2.38. The van der Waals surface area contributed by atoms with Crippen molar-refractivity contribution in [2.45, 2.75) is 69.6 Å². The maximum Gasteiger partial charge on any atom is 0.0197 e. The fraction of sp³-hybridized carbons (Fsp3) is 1.00. The van der Waals surface area contributed by atoms with E-state index in [0.29, 0.717) is 0 Å². The van der Waals surface area contributed by atoms with Crippen molar-refractivity contribution in [1.29, 1.82) is 0 Å². The maximum absolute atomic E-state index is 3.78. The second-order valence-electron chi connectivity index (χ2n) is 6.02. The molecule has 0 aromatic rings. The Morgan fingerprint density at radius 3 is 2.47 bits per heavy atom. The average molecular weight is 254 g/mol. The van der Waals surface area contributed by atoms with Gasteiger partial charge < -0.3 is 5.32 Å². The number of hydrogen-bond acceptors (Lipinski definition) is 3. The molecule has 0 saturated carbocycles. The predicted molar refractivity (Wildman–Crippen MR) is 75.7 cm³/mol. The molecular formula is C14H26N2S. The summed E-state index contributed by atoms with van der Waals surface area (Å²) < 4.78 is 0. The zero-order chi connectivity index (χ0) is 11.7. The standard InChI is InChI=1S/C14H26N2S/c1-2-6-16(13-5-7-17-10-13)14-8-11-3-4-12(9-14)15-11/h11-15H,2-10H2,1H3. The van der Waals surface area contributed by atoms with Gasteiger partial charge in [0, 0.05) is 29.9 Å². The zero-order valence-electron chi connectivity index (χ0n) is 11.0. The SMILES string of the molecule is CCCN(C1CCSC1)C1CC2CCC(C1)N2. The Balaban J connectivity index is 1.65. The van der Waals surface area contributed by atoms with Gasteiger partial charge >= 0.3 is 0 Å². The van der Waals surface area contributed by atoms with E-state index in [0.717, 1.165) is 24.2 Å². The Bertz CT molecular complexity index is 241. The first-order chi connectivity index (χ1) is 8.36. The highest BCUT2D eigenvalue weighted by atomic mass is 32.2. The molecule has 0 aliphatic carbocycles. The van der Waals surface area contributed by atoms with Crippen LogP contribution >= 0.6 is 11.8 Å². The van der Waals surface area contributed by atoms with Crippen LogP contribution in [0.1, 0.15) is 45.4 Å². The molecule has 0 aromatic heterocycles. The molecule has 3 aliphatic rings. The van der Waals surface area contributed by atoms with E-state index >= 15 is 0 Å². The molecule has 0 aromatic carbocycles. The lowest BCUT2D eigenvalue weighted by Crippen LogP contribution is -2.51. The maximum atomic E-state index is 3.78. The second kappa shape index (κ2) is 5.50. The lowest BCUT2D eigenvalue weighted by molar-refractivity contribution is 0.104. The largest absolute Gasteiger partial charge is 0.311 e. The number of hydrogen-bond donors (Lipinski definition) is 1. The first-order valence-corrected chi connectivity index (χ1v) is 8.62. The van der Waals surface area contributed by atoms with E-state index in [1.54, 1.807) is 0 Å². The van der Waals surface area contributed by atoms with Gasteiger partial charge in [0.25, 0.3) is 0 Å². The lowest BCUT2D eigenvalue weighted by Gasteiger charge is -2.41. The molecule has 2 nitrogen and oxygen atoms in total. The van der Waals surface area contributed by atoms with Crippen LogP contribution in [-0.4, -0.2) is 47.1 Å². The van der Waals surface area contributed by atoms with E-state index in [1.165, 1.54) is 56.6 Å². The van der Waals surface area contributed by atoms with Gasteiger partial charge in [-0.2, -0.15) is 11.8 Å². The van der Waals surface area contributed by atoms with E-state index in [1.807, 2.05) is 0 Å². The molecular weight excluding hydrogens is 228 g/mol. The van der Waals surface area contributed by atoms with Crippen LogP contribution < -0.4 is 5.32 Å². The fourth-order valence-electron chi connectivity index (χ4n) is 4.00. The Kier molecular flexibility index (Phi) is 3.98. The molecule has 3 rings (SSSR count). The van der Waals surface area contributed by atoms with Gasteiger partial charge in [-0.15, -0.1) is 0 Å². The molecule has 0 radical (unpaired) electrons. The van der Waals surface area contributed by atoms with E-state index in [4.69, 9.17) is 0 Å². The van der Waals surface area contributed by atoms with Gasteiger partial charge in [0.15, 0.2) is 0 Å². The molecule has 3 heteroatoms. The second-order valence-corrected chi connectivity index (χ2v) is 7.17. The van der Waals surface area contributed by atoms with Crippen molar-refractivity contribution in [1.82, 2.24) is 10.2 Å².